The maximum atomic E-state index is 11.3. The maximum Gasteiger partial charge on any atom is 0.251 e. The molecule has 5 nitrogen and oxygen atoms in total. The number of nitrogens with one attached hydrogen (secondary N) is 1. The van der Waals surface area contributed by atoms with E-state index in [-0.39, 0.29) is 5.56 Å². The van der Waals surface area contributed by atoms with Crippen LogP contribution in [0.3, 0.4) is 0 Å². The summed E-state index contributed by atoms with van der Waals surface area (Å²) in [4.78, 5) is 18.4. The summed E-state index contributed by atoms with van der Waals surface area (Å²) in [5, 5.41) is 0. The van der Waals surface area contributed by atoms with Crippen molar-refractivity contribution in [1.82, 2.24) is 9.97 Å². The molecule has 1 rings (SSSR count). The van der Waals surface area contributed by atoms with Gasteiger partial charge in [-0.1, -0.05) is 0 Å². The van der Waals surface area contributed by atoms with Crippen LogP contribution in [0, 0.1) is 0 Å². The molecule has 0 spiro atoms. The first-order valence-electron chi connectivity index (χ1n) is 5.33. The number of aromatic nitrogens is 2. The fourth-order valence-electron chi connectivity index (χ4n) is 1.41. The van der Waals surface area contributed by atoms with Crippen LogP contribution in [0.15, 0.2) is 10.9 Å². The molecular formula is C11H18N2O3. The van der Waals surface area contributed by atoms with Crippen LogP contribution in [0.25, 0.3) is 0 Å². The normalized spacial score (nSPS) is 10.6. The zero-order chi connectivity index (χ0) is 11.8. The predicted molar refractivity (Wildman–Crippen MR) is 60.6 cm³/mol. The number of aromatic amines is 1. The van der Waals surface area contributed by atoms with E-state index in [1.807, 2.05) is 0 Å². The van der Waals surface area contributed by atoms with E-state index < -0.39 is 0 Å². The van der Waals surface area contributed by atoms with E-state index in [2.05, 4.69) is 9.97 Å². The van der Waals surface area contributed by atoms with Crippen molar-refractivity contribution in [3.63, 3.8) is 0 Å². The van der Waals surface area contributed by atoms with E-state index >= 15 is 0 Å². The monoisotopic (exact) mass is 226 g/mol. The molecule has 90 valence electrons. The molecule has 1 aromatic rings. The molecule has 1 heterocycles. The summed E-state index contributed by atoms with van der Waals surface area (Å²) < 4.78 is 9.90. The SMILES string of the molecule is COCCCc1cc(=O)[nH]c(CCOC)n1. The Balaban J connectivity index is 2.62. The summed E-state index contributed by atoms with van der Waals surface area (Å²) in [5.41, 5.74) is 0.709. The number of H-pyrrole nitrogens is 1. The largest absolute Gasteiger partial charge is 0.385 e. The second kappa shape index (κ2) is 7.14. The fraction of sp³-hybridized carbons (Fsp3) is 0.636. The van der Waals surface area contributed by atoms with Crippen molar-refractivity contribution in [2.24, 2.45) is 0 Å². The van der Waals surface area contributed by atoms with E-state index in [1.54, 1.807) is 14.2 Å². The lowest BCUT2D eigenvalue weighted by Gasteiger charge is -2.03. The minimum absolute atomic E-state index is 0.103. The standard InChI is InChI=1S/C11H18N2O3/c1-15-6-3-4-9-8-11(14)13-10(12-9)5-7-16-2/h8H,3-7H2,1-2H3,(H,12,13,14). The van der Waals surface area contributed by atoms with Gasteiger partial charge >= 0.3 is 0 Å². The van der Waals surface area contributed by atoms with Crippen molar-refractivity contribution in [1.29, 1.82) is 0 Å². The Bertz CT molecular complexity index is 362. The molecule has 5 heteroatoms. The van der Waals surface area contributed by atoms with Gasteiger partial charge in [0.2, 0.25) is 0 Å². The molecule has 0 saturated carbocycles. The second-order valence-electron chi connectivity index (χ2n) is 3.52. The third-order valence-electron chi connectivity index (χ3n) is 2.17. The highest BCUT2D eigenvalue weighted by Gasteiger charge is 2.01. The van der Waals surface area contributed by atoms with E-state index in [9.17, 15) is 4.79 Å². The Morgan fingerprint density at radius 2 is 2.00 bits per heavy atom. The first-order chi connectivity index (χ1) is 7.76. The van der Waals surface area contributed by atoms with Gasteiger partial charge in [-0.25, -0.2) is 4.98 Å². The van der Waals surface area contributed by atoms with Crippen LogP contribution in [0.2, 0.25) is 0 Å². The molecule has 0 fully saturated rings. The van der Waals surface area contributed by atoms with Gasteiger partial charge < -0.3 is 14.5 Å². The molecule has 0 unspecified atom stereocenters. The molecule has 0 aliphatic heterocycles. The van der Waals surface area contributed by atoms with Gasteiger partial charge in [0.15, 0.2) is 0 Å². The average Bonchev–Trinajstić information content (AvgIpc) is 2.26. The molecule has 0 amide bonds. The van der Waals surface area contributed by atoms with E-state index in [1.165, 1.54) is 6.07 Å². The lowest BCUT2D eigenvalue weighted by atomic mass is 10.2. The second-order valence-corrected chi connectivity index (χ2v) is 3.52. The van der Waals surface area contributed by atoms with E-state index in [0.717, 1.165) is 18.5 Å². The van der Waals surface area contributed by atoms with Crippen LogP contribution in [0.5, 0.6) is 0 Å². The van der Waals surface area contributed by atoms with Crippen LogP contribution in [-0.4, -0.2) is 37.4 Å². The quantitative estimate of drug-likeness (QED) is 0.689. The summed E-state index contributed by atoms with van der Waals surface area (Å²) in [7, 11) is 3.29. The van der Waals surface area contributed by atoms with Gasteiger partial charge in [0.25, 0.3) is 5.56 Å². The van der Waals surface area contributed by atoms with Crippen LogP contribution < -0.4 is 5.56 Å². The van der Waals surface area contributed by atoms with E-state index in [0.29, 0.717) is 25.5 Å². The molecular weight excluding hydrogens is 208 g/mol. The van der Waals surface area contributed by atoms with Gasteiger partial charge in [-0.05, 0) is 12.8 Å². The van der Waals surface area contributed by atoms with Crippen LogP contribution in [0.4, 0.5) is 0 Å². The molecule has 0 atom stereocenters. The molecule has 0 bridgehead atoms. The Kier molecular flexibility index (Phi) is 5.74. The van der Waals surface area contributed by atoms with Crippen molar-refractivity contribution in [3.05, 3.63) is 27.9 Å². The van der Waals surface area contributed by atoms with Gasteiger partial charge in [0.05, 0.1) is 6.61 Å². The summed E-state index contributed by atoms with van der Waals surface area (Å²) >= 11 is 0. The molecule has 1 N–H and O–H groups in total. The molecule has 1 aromatic heterocycles. The molecule has 0 saturated heterocycles. The van der Waals surface area contributed by atoms with Crippen molar-refractivity contribution in [2.45, 2.75) is 19.3 Å². The van der Waals surface area contributed by atoms with Crippen LogP contribution in [0.1, 0.15) is 17.9 Å². The third-order valence-corrected chi connectivity index (χ3v) is 2.17. The summed E-state index contributed by atoms with van der Waals surface area (Å²) in [6.07, 6.45) is 2.26. The average molecular weight is 226 g/mol. The van der Waals surface area contributed by atoms with Crippen molar-refractivity contribution in [3.8, 4) is 0 Å². The smallest absolute Gasteiger partial charge is 0.251 e. The van der Waals surface area contributed by atoms with Crippen molar-refractivity contribution in [2.75, 3.05) is 27.4 Å². The minimum atomic E-state index is -0.103. The maximum absolute atomic E-state index is 11.3. The highest BCUT2D eigenvalue weighted by molar-refractivity contribution is 5.03. The lowest BCUT2D eigenvalue weighted by Crippen LogP contribution is -2.14. The van der Waals surface area contributed by atoms with Crippen molar-refractivity contribution < 1.29 is 9.47 Å². The highest BCUT2D eigenvalue weighted by atomic mass is 16.5. The lowest BCUT2D eigenvalue weighted by molar-refractivity contribution is 0.194. The Hall–Kier alpha value is -1.20. The first-order valence-corrected chi connectivity index (χ1v) is 5.33. The third kappa shape index (κ3) is 4.55. The number of methoxy groups -OCH3 is 2. The Labute approximate surface area is 94.8 Å². The number of aryl methyl sites for hydroxylation is 1. The topological polar surface area (TPSA) is 64.2 Å². The number of hydrogen-bond acceptors (Lipinski definition) is 4. The Morgan fingerprint density at radius 3 is 2.69 bits per heavy atom. The summed E-state index contributed by atoms with van der Waals surface area (Å²) in [5.74, 6) is 0.682. The van der Waals surface area contributed by atoms with E-state index in [4.69, 9.17) is 9.47 Å². The first kappa shape index (κ1) is 12.9. The zero-order valence-corrected chi connectivity index (χ0v) is 9.78. The van der Waals surface area contributed by atoms with Gasteiger partial charge in [-0.3, -0.25) is 4.79 Å². The van der Waals surface area contributed by atoms with Crippen LogP contribution >= 0.6 is 0 Å². The van der Waals surface area contributed by atoms with Gasteiger partial charge in [0, 0.05) is 39.0 Å². The molecule has 16 heavy (non-hydrogen) atoms. The van der Waals surface area contributed by atoms with Gasteiger partial charge in [-0.15, -0.1) is 0 Å². The number of ether oxygens (including phenoxy) is 2. The van der Waals surface area contributed by atoms with Gasteiger partial charge in [0.1, 0.15) is 5.82 Å². The number of rotatable bonds is 7. The molecule has 0 aliphatic carbocycles. The molecule has 0 radical (unpaired) electrons. The molecule has 0 aliphatic rings. The number of hydrogen-bond donors (Lipinski definition) is 1. The fourth-order valence-corrected chi connectivity index (χ4v) is 1.41. The highest BCUT2D eigenvalue weighted by Crippen LogP contribution is 1.98. The number of nitrogens with zero attached hydrogens (tertiary/aromatic N) is 1. The van der Waals surface area contributed by atoms with Crippen LogP contribution in [-0.2, 0) is 22.3 Å². The Morgan fingerprint density at radius 1 is 1.25 bits per heavy atom. The zero-order valence-electron chi connectivity index (χ0n) is 9.78. The van der Waals surface area contributed by atoms with Crippen molar-refractivity contribution >= 4 is 0 Å². The summed E-state index contributed by atoms with van der Waals surface area (Å²) in [6, 6.07) is 1.53. The predicted octanol–water partition coefficient (Wildman–Crippen LogP) is 0.538. The molecule has 0 aromatic carbocycles. The van der Waals surface area contributed by atoms with Gasteiger partial charge in [-0.2, -0.15) is 0 Å². The minimum Gasteiger partial charge on any atom is -0.385 e. The summed E-state index contributed by atoms with van der Waals surface area (Å²) in [6.45, 7) is 1.24.